The van der Waals surface area contributed by atoms with E-state index in [0.717, 1.165) is 0 Å². The number of amides is 1. The van der Waals surface area contributed by atoms with Crippen molar-refractivity contribution < 1.29 is 23.8 Å². The Morgan fingerprint density at radius 2 is 2.05 bits per heavy atom. The van der Waals surface area contributed by atoms with Gasteiger partial charge in [0, 0.05) is 19.1 Å². The largest absolute Gasteiger partial charge is 0.480 e. The predicted molar refractivity (Wildman–Crippen MR) is 77.6 cm³/mol. The van der Waals surface area contributed by atoms with Crippen molar-refractivity contribution in [2.75, 3.05) is 13.2 Å². The number of carboxylic acids is 1. The highest BCUT2D eigenvalue weighted by Crippen LogP contribution is 2.23. The van der Waals surface area contributed by atoms with Crippen LogP contribution in [0.3, 0.4) is 0 Å². The second-order valence-electron chi connectivity index (χ2n) is 5.62. The van der Waals surface area contributed by atoms with Gasteiger partial charge in [0.05, 0.1) is 6.10 Å². The van der Waals surface area contributed by atoms with E-state index >= 15 is 0 Å². The third kappa shape index (κ3) is 4.53. The quantitative estimate of drug-likeness (QED) is 0.904. The molecule has 6 heteroatoms. The van der Waals surface area contributed by atoms with Crippen molar-refractivity contribution in [2.24, 2.45) is 5.92 Å². The number of carbonyl (C=O) groups is 2. The van der Waals surface area contributed by atoms with E-state index in [0.29, 0.717) is 25.0 Å². The number of carboxylic acid groups (broad SMARTS) is 1. The molecule has 2 atom stereocenters. The third-order valence-electron chi connectivity index (χ3n) is 3.76. The highest BCUT2D eigenvalue weighted by atomic mass is 19.1. The first-order chi connectivity index (χ1) is 10.5. The molecule has 1 saturated heterocycles. The van der Waals surface area contributed by atoms with Gasteiger partial charge in [-0.05, 0) is 37.5 Å². The number of halogens is 1. The molecular formula is C16H20FNO4. The van der Waals surface area contributed by atoms with Gasteiger partial charge >= 0.3 is 5.97 Å². The van der Waals surface area contributed by atoms with Crippen LogP contribution in [0.25, 0.3) is 0 Å². The lowest BCUT2D eigenvalue weighted by atomic mass is 9.94. The number of carbonyl (C=O) groups excluding carboxylic acids is 1. The van der Waals surface area contributed by atoms with Gasteiger partial charge in [0.1, 0.15) is 12.4 Å². The van der Waals surface area contributed by atoms with Crippen LogP contribution in [0.4, 0.5) is 4.39 Å². The summed E-state index contributed by atoms with van der Waals surface area (Å²) in [5.74, 6) is -1.82. The molecule has 1 aliphatic rings. The Bertz CT molecular complexity index is 531. The van der Waals surface area contributed by atoms with E-state index in [1.54, 1.807) is 12.1 Å². The minimum absolute atomic E-state index is 0.000184. The molecular weight excluding hydrogens is 289 g/mol. The number of rotatable bonds is 5. The molecule has 1 aromatic rings. The minimum atomic E-state index is -1.06. The van der Waals surface area contributed by atoms with Crippen LogP contribution in [0.15, 0.2) is 24.3 Å². The fourth-order valence-electron chi connectivity index (χ4n) is 2.67. The molecule has 120 valence electrons. The maximum absolute atomic E-state index is 12.9. The highest BCUT2D eigenvalue weighted by molar-refractivity contribution is 5.83. The third-order valence-corrected chi connectivity index (χ3v) is 3.76. The molecule has 1 fully saturated rings. The Morgan fingerprint density at radius 1 is 1.36 bits per heavy atom. The maximum Gasteiger partial charge on any atom is 0.323 e. The Kier molecular flexibility index (Phi) is 5.49. The first-order valence-electron chi connectivity index (χ1n) is 7.32. The summed E-state index contributed by atoms with van der Waals surface area (Å²) in [7, 11) is 0. The van der Waals surface area contributed by atoms with E-state index < -0.39 is 5.97 Å². The van der Waals surface area contributed by atoms with Crippen molar-refractivity contribution in [1.82, 2.24) is 4.90 Å². The Balaban J connectivity index is 2.09. The van der Waals surface area contributed by atoms with Crippen molar-refractivity contribution in [3.8, 4) is 0 Å². The molecule has 2 rings (SSSR count). The van der Waals surface area contributed by atoms with Gasteiger partial charge in [0.2, 0.25) is 5.91 Å². The van der Waals surface area contributed by atoms with E-state index in [4.69, 9.17) is 9.84 Å². The van der Waals surface area contributed by atoms with Crippen LogP contribution in [0.5, 0.6) is 0 Å². The Morgan fingerprint density at radius 3 is 2.64 bits per heavy atom. The molecule has 1 N–H and O–H groups in total. The number of nitrogens with zero attached hydrogens (tertiary/aromatic N) is 1. The number of hydrogen-bond acceptors (Lipinski definition) is 3. The molecule has 1 aromatic carbocycles. The van der Waals surface area contributed by atoms with Crippen molar-refractivity contribution in [1.29, 1.82) is 0 Å². The molecule has 22 heavy (non-hydrogen) atoms. The summed E-state index contributed by atoms with van der Waals surface area (Å²) < 4.78 is 18.4. The second-order valence-corrected chi connectivity index (χ2v) is 5.62. The normalized spacial score (nSPS) is 21.4. The van der Waals surface area contributed by atoms with Crippen LogP contribution in [0.2, 0.25) is 0 Å². The monoisotopic (exact) mass is 309 g/mol. The zero-order valence-corrected chi connectivity index (χ0v) is 12.5. The highest BCUT2D eigenvalue weighted by Gasteiger charge is 2.30. The van der Waals surface area contributed by atoms with Crippen molar-refractivity contribution >= 4 is 11.9 Å². The van der Waals surface area contributed by atoms with Crippen LogP contribution < -0.4 is 0 Å². The molecule has 1 aliphatic heterocycles. The first kappa shape index (κ1) is 16.4. The number of ether oxygens (including phenoxy) is 1. The van der Waals surface area contributed by atoms with Gasteiger partial charge < -0.3 is 14.7 Å². The average Bonchev–Trinajstić information content (AvgIpc) is 2.47. The van der Waals surface area contributed by atoms with E-state index in [-0.39, 0.29) is 36.8 Å². The van der Waals surface area contributed by atoms with Crippen LogP contribution in [-0.2, 0) is 20.9 Å². The van der Waals surface area contributed by atoms with Gasteiger partial charge in [-0.25, -0.2) is 4.39 Å². The standard InChI is InChI=1S/C16H20FNO4/c1-11-8-13(6-7-22-11)16(21)18(10-15(19)20)9-12-2-4-14(17)5-3-12/h2-5,11,13H,6-10H2,1H3,(H,19,20). The van der Waals surface area contributed by atoms with E-state index in [2.05, 4.69) is 0 Å². The first-order valence-corrected chi connectivity index (χ1v) is 7.32. The summed E-state index contributed by atoms with van der Waals surface area (Å²) in [6.07, 6.45) is 1.20. The van der Waals surface area contributed by atoms with Gasteiger partial charge in [-0.1, -0.05) is 12.1 Å². The number of hydrogen-bond donors (Lipinski definition) is 1. The Hall–Kier alpha value is -1.95. The second kappa shape index (κ2) is 7.35. The average molecular weight is 309 g/mol. The summed E-state index contributed by atoms with van der Waals surface area (Å²) >= 11 is 0. The molecule has 1 amide bonds. The zero-order chi connectivity index (χ0) is 16.1. The number of benzene rings is 1. The predicted octanol–water partition coefficient (Wildman–Crippen LogP) is 2.05. The molecule has 5 nitrogen and oxygen atoms in total. The van der Waals surface area contributed by atoms with E-state index in [9.17, 15) is 14.0 Å². The van der Waals surface area contributed by atoms with Gasteiger partial charge in [0.25, 0.3) is 0 Å². The summed E-state index contributed by atoms with van der Waals surface area (Å²) in [4.78, 5) is 24.9. The summed E-state index contributed by atoms with van der Waals surface area (Å²) in [5.41, 5.74) is 0.705. The minimum Gasteiger partial charge on any atom is -0.480 e. The summed E-state index contributed by atoms with van der Waals surface area (Å²) in [6, 6.07) is 5.72. The fraction of sp³-hybridized carbons (Fsp3) is 0.500. The molecule has 0 aromatic heterocycles. The van der Waals surface area contributed by atoms with E-state index in [1.165, 1.54) is 17.0 Å². The molecule has 0 bridgehead atoms. The fourth-order valence-corrected chi connectivity index (χ4v) is 2.67. The van der Waals surface area contributed by atoms with Crippen LogP contribution >= 0.6 is 0 Å². The molecule has 0 aliphatic carbocycles. The van der Waals surface area contributed by atoms with Crippen LogP contribution in [0, 0.1) is 11.7 Å². The Labute approximate surface area is 128 Å². The van der Waals surface area contributed by atoms with Crippen molar-refractivity contribution in [3.05, 3.63) is 35.6 Å². The van der Waals surface area contributed by atoms with E-state index in [1.807, 2.05) is 6.92 Å². The van der Waals surface area contributed by atoms with Gasteiger partial charge in [-0.15, -0.1) is 0 Å². The zero-order valence-electron chi connectivity index (χ0n) is 12.5. The lowest BCUT2D eigenvalue weighted by molar-refractivity contribution is -0.149. The molecule has 0 spiro atoms. The lowest BCUT2D eigenvalue weighted by Gasteiger charge is -2.31. The maximum atomic E-state index is 12.9. The summed E-state index contributed by atoms with van der Waals surface area (Å²) in [6.45, 7) is 2.22. The van der Waals surface area contributed by atoms with Crippen LogP contribution in [0.1, 0.15) is 25.3 Å². The topological polar surface area (TPSA) is 66.8 Å². The van der Waals surface area contributed by atoms with Gasteiger partial charge in [-0.3, -0.25) is 9.59 Å². The lowest BCUT2D eigenvalue weighted by Crippen LogP contribution is -2.42. The smallest absolute Gasteiger partial charge is 0.323 e. The summed E-state index contributed by atoms with van der Waals surface area (Å²) in [5, 5.41) is 9.03. The SMILES string of the molecule is CC1CC(C(=O)N(CC(=O)O)Cc2ccc(F)cc2)CCO1. The molecule has 0 saturated carbocycles. The molecule has 0 radical (unpaired) electrons. The van der Waals surface area contributed by atoms with Crippen molar-refractivity contribution in [3.63, 3.8) is 0 Å². The van der Waals surface area contributed by atoms with Gasteiger partial charge in [-0.2, -0.15) is 0 Å². The number of aliphatic carboxylic acids is 1. The molecule has 1 heterocycles. The van der Waals surface area contributed by atoms with Gasteiger partial charge in [0.15, 0.2) is 0 Å². The van der Waals surface area contributed by atoms with Crippen molar-refractivity contribution in [2.45, 2.75) is 32.4 Å². The molecule has 2 unspecified atom stereocenters. The van der Waals surface area contributed by atoms with Crippen LogP contribution in [-0.4, -0.2) is 41.1 Å².